The van der Waals surface area contributed by atoms with Crippen LogP contribution in [0.4, 0.5) is 0 Å². The Kier molecular flexibility index (Phi) is 4.26. The Bertz CT molecular complexity index is 1330. The van der Waals surface area contributed by atoms with Gasteiger partial charge in [-0.2, -0.15) is 5.10 Å². The monoisotopic (exact) mass is 453 g/mol. The molecule has 0 bridgehead atoms. The molecule has 1 aromatic heterocycles. The lowest BCUT2D eigenvalue weighted by atomic mass is 10.0. The van der Waals surface area contributed by atoms with Crippen molar-refractivity contribution in [2.24, 2.45) is 16.8 Å². The summed E-state index contributed by atoms with van der Waals surface area (Å²) in [4.78, 5) is 34.6. The van der Waals surface area contributed by atoms with Crippen LogP contribution in [0.3, 0.4) is 0 Å². The summed E-state index contributed by atoms with van der Waals surface area (Å²) in [5.41, 5.74) is 3.73. The van der Waals surface area contributed by atoms with Crippen molar-refractivity contribution in [3.05, 3.63) is 54.2 Å². The van der Waals surface area contributed by atoms with Crippen LogP contribution < -0.4 is 0 Å². The SMILES string of the molecule is O=C(C1CC1)N1CC[C@H](CN2C(=O)C3(CC3)N=C2c2ccc(-c3ccc4[nH]ncc4c3)cc2)C1. The summed E-state index contributed by atoms with van der Waals surface area (Å²) >= 11 is 0. The molecule has 172 valence electrons. The van der Waals surface area contributed by atoms with Crippen molar-refractivity contribution >= 4 is 28.6 Å². The van der Waals surface area contributed by atoms with Crippen LogP contribution in [0.2, 0.25) is 0 Å². The van der Waals surface area contributed by atoms with E-state index in [9.17, 15) is 9.59 Å². The van der Waals surface area contributed by atoms with E-state index in [0.29, 0.717) is 18.4 Å². The Hall–Kier alpha value is -3.48. The van der Waals surface area contributed by atoms with Crippen molar-refractivity contribution in [3.63, 3.8) is 0 Å². The number of benzene rings is 2. The van der Waals surface area contributed by atoms with Crippen LogP contribution in [0.15, 0.2) is 53.7 Å². The molecule has 2 amide bonds. The highest BCUT2D eigenvalue weighted by molar-refractivity contribution is 6.16. The molecule has 4 aliphatic rings. The molecule has 0 radical (unpaired) electrons. The molecule has 1 atom stereocenters. The second-order valence-corrected chi connectivity index (χ2v) is 10.3. The first-order chi connectivity index (χ1) is 16.6. The Morgan fingerprint density at radius 2 is 1.79 bits per heavy atom. The molecule has 7 heteroatoms. The first-order valence-electron chi connectivity index (χ1n) is 12.3. The number of hydrogen-bond donors (Lipinski definition) is 1. The minimum atomic E-state index is -0.525. The average Bonchev–Trinajstić information content (AvgIpc) is 3.74. The Labute approximate surface area is 197 Å². The van der Waals surface area contributed by atoms with Crippen LogP contribution in [0.5, 0.6) is 0 Å². The zero-order valence-electron chi connectivity index (χ0n) is 19.0. The molecule has 0 unspecified atom stereocenters. The minimum absolute atomic E-state index is 0.143. The number of nitrogens with one attached hydrogen (secondary N) is 1. The molecule has 1 spiro atoms. The number of carbonyl (C=O) groups is 2. The predicted molar refractivity (Wildman–Crippen MR) is 129 cm³/mol. The molecule has 2 aliphatic heterocycles. The van der Waals surface area contributed by atoms with Gasteiger partial charge in [0, 0.05) is 36.5 Å². The van der Waals surface area contributed by atoms with Gasteiger partial charge in [0.2, 0.25) is 5.91 Å². The maximum atomic E-state index is 13.3. The number of carbonyl (C=O) groups excluding carboxylic acids is 2. The highest BCUT2D eigenvalue weighted by atomic mass is 16.2. The molecule has 34 heavy (non-hydrogen) atoms. The largest absolute Gasteiger partial charge is 0.342 e. The highest BCUT2D eigenvalue weighted by Gasteiger charge is 2.57. The average molecular weight is 454 g/mol. The van der Waals surface area contributed by atoms with E-state index in [1.807, 2.05) is 22.1 Å². The lowest BCUT2D eigenvalue weighted by Crippen LogP contribution is -2.40. The molecule has 2 aliphatic carbocycles. The fourth-order valence-corrected chi connectivity index (χ4v) is 5.45. The van der Waals surface area contributed by atoms with E-state index >= 15 is 0 Å². The van der Waals surface area contributed by atoms with Gasteiger partial charge in [-0.3, -0.25) is 24.6 Å². The number of aromatic amines is 1. The second kappa shape index (κ2) is 7.26. The first-order valence-corrected chi connectivity index (χ1v) is 12.3. The first kappa shape index (κ1) is 19.9. The molecule has 3 heterocycles. The summed E-state index contributed by atoms with van der Waals surface area (Å²) in [6, 6.07) is 14.6. The van der Waals surface area contributed by atoms with Crippen LogP contribution in [-0.2, 0) is 9.59 Å². The second-order valence-electron chi connectivity index (χ2n) is 10.3. The lowest BCUT2D eigenvalue weighted by molar-refractivity contribution is -0.131. The van der Waals surface area contributed by atoms with Gasteiger partial charge < -0.3 is 4.90 Å². The molecule has 2 aromatic carbocycles. The van der Waals surface area contributed by atoms with Gasteiger partial charge in [0.1, 0.15) is 11.4 Å². The number of fused-ring (bicyclic) bond motifs is 1. The van der Waals surface area contributed by atoms with E-state index in [2.05, 4.69) is 46.6 Å². The Morgan fingerprint density at radius 3 is 2.56 bits per heavy atom. The number of hydrogen-bond acceptors (Lipinski definition) is 4. The zero-order valence-corrected chi connectivity index (χ0v) is 19.0. The number of amidine groups is 1. The Balaban J connectivity index is 1.12. The van der Waals surface area contributed by atoms with Crippen LogP contribution in [0, 0.1) is 11.8 Å². The summed E-state index contributed by atoms with van der Waals surface area (Å²) in [6.07, 6.45) is 6.54. The summed E-state index contributed by atoms with van der Waals surface area (Å²) in [7, 11) is 0. The molecule has 1 saturated heterocycles. The number of aliphatic imine (C=N–C) groups is 1. The third-order valence-corrected chi connectivity index (χ3v) is 7.82. The smallest absolute Gasteiger partial charge is 0.256 e. The van der Waals surface area contributed by atoms with Crippen molar-refractivity contribution < 1.29 is 9.59 Å². The fourth-order valence-electron chi connectivity index (χ4n) is 5.45. The van der Waals surface area contributed by atoms with Crippen LogP contribution in [-0.4, -0.2) is 62.8 Å². The zero-order chi connectivity index (χ0) is 22.9. The van der Waals surface area contributed by atoms with Gasteiger partial charge in [-0.1, -0.05) is 30.3 Å². The van der Waals surface area contributed by atoms with E-state index in [4.69, 9.17) is 4.99 Å². The molecular weight excluding hydrogens is 426 g/mol. The molecule has 3 fully saturated rings. The van der Waals surface area contributed by atoms with Crippen LogP contribution in [0.25, 0.3) is 22.0 Å². The normalized spacial score (nSPS) is 23.2. The van der Waals surface area contributed by atoms with Crippen molar-refractivity contribution in [2.45, 2.75) is 37.6 Å². The quantitative estimate of drug-likeness (QED) is 0.641. The molecule has 7 nitrogen and oxygen atoms in total. The van der Waals surface area contributed by atoms with Gasteiger partial charge in [-0.15, -0.1) is 0 Å². The van der Waals surface area contributed by atoms with Crippen molar-refractivity contribution in [1.29, 1.82) is 0 Å². The molecule has 1 N–H and O–H groups in total. The van der Waals surface area contributed by atoms with Gasteiger partial charge in [0.15, 0.2) is 0 Å². The number of likely N-dealkylation sites (tertiary alicyclic amines) is 1. The third-order valence-electron chi connectivity index (χ3n) is 7.82. The summed E-state index contributed by atoms with van der Waals surface area (Å²) in [5.74, 6) is 1.82. The summed E-state index contributed by atoms with van der Waals surface area (Å²) < 4.78 is 0. The number of H-pyrrole nitrogens is 1. The standard InChI is InChI=1S/C27H27N5O2/c33-25(20-5-6-20)31-12-9-17(15-31)16-32-24(29-27(10-11-27)26(32)34)19-3-1-18(2-4-19)21-7-8-23-22(13-21)14-28-30-23/h1-4,7-8,13-14,17,20H,5-6,9-12,15-16H2,(H,28,30)/t17-/m0/s1. The van der Waals surface area contributed by atoms with Crippen molar-refractivity contribution in [3.8, 4) is 11.1 Å². The summed E-state index contributed by atoms with van der Waals surface area (Å²) in [6.45, 7) is 2.22. The van der Waals surface area contributed by atoms with Gasteiger partial charge in [-0.25, -0.2) is 0 Å². The predicted octanol–water partition coefficient (Wildman–Crippen LogP) is 3.61. The van der Waals surface area contributed by atoms with Crippen molar-refractivity contribution in [1.82, 2.24) is 20.0 Å². The highest BCUT2D eigenvalue weighted by Crippen LogP contribution is 2.46. The number of amides is 2. The topological polar surface area (TPSA) is 81.7 Å². The lowest BCUT2D eigenvalue weighted by Gasteiger charge is -2.23. The van der Waals surface area contributed by atoms with Gasteiger partial charge in [-0.05, 0) is 61.3 Å². The number of nitrogens with zero attached hydrogens (tertiary/aromatic N) is 4. The van der Waals surface area contributed by atoms with Gasteiger partial charge >= 0.3 is 0 Å². The fraction of sp³-hybridized carbons (Fsp3) is 0.407. The third kappa shape index (κ3) is 3.25. The van der Waals surface area contributed by atoms with Crippen molar-refractivity contribution in [2.75, 3.05) is 19.6 Å². The molecule has 3 aromatic rings. The maximum absolute atomic E-state index is 13.3. The minimum Gasteiger partial charge on any atom is -0.342 e. The van der Waals surface area contributed by atoms with E-state index in [0.717, 1.165) is 78.6 Å². The van der Waals surface area contributed by atoms with Gasteiger partial charge in [0.05, 0.1) is 11.7 Å². The van der Waals surface area contributed by atoms with E-state index < -0.39 is 5.54 Å². The maximum Gasteiger partial charge on any atom is 0.256 e. The Morgan fingerprint density at radius 1 is 1.03 bits per heavy atom. The number of rotatable bonds is 5. The van der Waals surface area contributed by atoms with Gasteiger partial charge in [0.25, 0.3) is 5.91 Å². The van der Waals surface area contributed by atoms with E-state index in [-0.39, 0.29) is 11.8 Å². The number of aromatic nitrogens is 2. The molecule has 2 saturated carbocycles. The van der Waals surface area contributed by atoms with E-state index in [1.165, 1.54) is 0 Å². The molecule has 7 rings (SSSR count). The molecular formula is C27H27N5O2. The van der Waals surface area contributed by atoms with E-state index in [1.54, 1.807) is 0 Å². The van der Waals surface area contributed by atoms with Crippen LogP contribution >= 0.6 is 0 Å². The van der Waals surface area contributed by atoms with Crippen LogP contribution in [0.1, 0.15) is 37.7 Å². The summed E-state index contributed by atoms with van der Waals surface area (Å²) in [5, 5.41) is 8.18.